The van der Waals surface area contributed by atoms with Crippen LogP contribution in [0.1, 0.15) is 20.8 Å². The fraction of sp³-hybridized carbons (Fsp3) is 0.900. The molecule has 0 aliphatic heterocycles. The predicted molar refractivity (Wildman–Crippen MR) is 58.2 cm³/mol. The molecule has 1 atom stereocenters. The van der Waals surface area contributed by atoms with Crippen LogP contribution >= 0.6 is 0 Å². The van der Waals surface area contributed by atoms with Crippen LogP contribution in [0.3, 0.4) is 0 Å². The Labute approximate surface area is 90.9 Å². The van der Waals surface area contributed by atoms with Crippen molar-refractivity contribution in [3.63, 3.8) is 0 Å². The van der Waals surface area contributed by atoms with E-state index in [1.165, 1.54) is 4.90 Å². The Morgan fingerprint density at radius 3 is 1.93 bits per heavy atom. The maximum Gasteiger partial charge on any atom is 0.240 e. The molecule has 0 rings (SSSR count). The second kappa shape index (κ2) is 6.05. The number of carbonyl (C=O) groups is 1. The van der Waals surface area contributed by atoms with E-state index in [1.54, 1.807) is 0 Å². The summed E-state index contributed by atoms with van der Waals surface area (Å²) in [5, 5.41) is 17.6. The summed E-state index contributed by atoms with van der Waals surface area (Å²) >= 11 is 0. The smallest absolute Gasteiger partial charge is 0.240 e. The summed E-state index contributed by atoms with van der Waals surface area (Å²) in [4.78, 5) is 13.2. The number of hydrogen-bond acceptors (Lipinski definition) is 4. The minimum atomic E-state index is -0.615. The molecule has 1 amide bonds. The lowest BCUT2D eigenvalue weighted by molar-refractivity contribution is -0.136. The average Bonchev–Trinajstić information content (AvgIpc) is 2.14. The maximum atomic E-state index is 11.8. The number of carbonyl (C=O) groups excluding carboxylic acids is 1. The SMILES string of the molecule is CC(C)(C)[C@@H](N)C(=O)N(CCO)CCO. The van der Waals surface area contributed by atoms with Crippen molar-refractivity contribution < 1.29 is 15.0 Å². The van der Waals surface area contributed by atoms with Gasteiger partial charge in [0.15, 0.2) is 0 Å². The number of nitrogens with two attached hydrogens (primary N) is 1. The molecule has 0 saturated heterocycles. The van der Waals surface area contributed by atoms with E-state index in [0.717, 1.165) is 0 Å². The van der Waals surface area contributed by atoms with Gasteiger partial charge in [-0.3, -0.25) is 4.79 Å². The first kappa shape index (κ1) is 14.3. The van der Waals surface area contributed by atoms with Crippen LogP contribution in [0.4, 0.5) is 0 Å². The van der Waals surface area contributed by atoms with Gasteiger partial charge in [-0.15, -0.1) is 0 Å². The summed E-state index contributed by atoms with van der Waals surface area (Å²) in [5.74, 6) is -0.231. The summed E-state index contributed by atoms with van der Waals surface area (Å²) in [6.45, 7) is 5.82. The van der Waals surface area contributed by atoms with Crippen LogP contribution in [0, 0.1) is 5.41 Å². The first-order valence-electron chi connectivity index (χ1n) is 5.10. The molecule has 4 N–H and O–H groups in total. The Morgan fingerprint density at radius 1 is 1.27 bits per heavy atom. The molecule has 90 valence electrons. The van der Waals surface area contributed by atoms with Crippen LogP contribution in [0.15, 0.2) is 0 Å². The van der Waals surface area contributed by atoms with Crippen LogP contribution < -0.4 is 5.73 Å². The fourth-order valence-corrected chi connectivity index (χ4v) is 1.14. The summed E-state index contributed by atoms with van der Waals surface area (Å²) in [6, 6.07) is -0.615. The van der Waals surface area contributed by atoms with Crippen molar-refractivity contribution in [3.05, 3.63) is 0 Å². The summed E-state index contributed by atoms with van der Waals surface area (Å²) in [6.07, 6.45) is 0. The second-order valence-electron chi connectivity index (χ2n) is 4.62. The molecule has 0 radical (unpaired) electrons. The van der Waals surface area contributed by atoms with E-state index in [1.807, 2.05) is 20.8 Å². The van der Waals surface area contributed by atoms with Crippen molar-refractivity contribution in [2.75, 3.05) is 26.3 Å². The highest BCUT2D eigenvalue weighted by Gasteiger charge is 2.30. The molecule has 0 fully saturated rings. The molecule has 0 spiro atoms. The van der Waals surface area contributed by atoms with Crippen LogP contribution in [0.2, 0.25) is 0 Å². The standard InChI is InChI=1S/C10H22N2O3/c1-10(2,3)8(11)9(15)12(4-6-13)5-7-14/h8,13-14H,4-7,11H2,1-3H3/t8-/m0/s1. The lowest BCUT2D eigenvalue weighted by Crippen LogP contribution is -2.51. The zero-order valence-corrected chi connectivity index (χ0v) is 9.73. The van der Waals surface area contributed by atoms with Gasteiger partial charge in [0.1, 0.15) is 0 Å². The van der Waals surface area contributed by atoms with Gasteiger partial charge in [0, 0.05) is 13.1 Å². The van der Waals surface area contributed by atoms with Gasteiger partial charge in [0.2, 0.25) is 5.91 Å². The fourth-order valence-electron chi connectivity index (χ4n) is 1.14. The van der Waals surface area contributed by atoms with Crippen molar-refractivity contribution in [3.8, 4) is 0 Å². The number of nitrogens with zero attached hydrogens (tertiary/aromatic N) is 1. The van der Waals surface area contributed by atoms with E-state index in [4.69, 9.17) is 15.9 Å². The van der Waals surface area contributed by atoms with Gasteiger partial charge in [-0.2, -0.15) is 0 Å². The minimum Gasteiger partial charge on any atom is -0.395 e. The molecule has 0 heterocycles. The van der Waals surface area contributed by atoms with Gasteiger partial charge in [-0.25, -0.2) is 0 Å². The molecule has 0 aliphatic carbocycles. The van der Waals surface area contributed by atoms with Gasteiger partial charge in [-0.05, 0) is 5.41 Å². The van der Waals surface area contributed by atoms with Gasteiger partial charge in [-0.1, -0.05) is 20.8 Å². The third-order valence-corrected chi connectivity index (χ3v) is 2.25. The van der Waals surface area contributed by atoms with Crippen molar-refractivity contribution in [2.45, 2.75) is 26.8 Å². The summed E-state index contributed by atoms with van der Waals surface area (Å²) in [7, 11) is 0. The lowest BCUT2D eigenvalue weighted by Gasteiger charge is -2.31. The maximum absolute atomic E-state index is 11.8. The highest BCUT2D eigenvalue weighted by Crippen LogP contribution is 2.18. The van der Waals surface area contributed by atoms with E-state index in [9.17, 15) is 4.79 Å². The van der Waals surface area contributed by atoms with Gasteiger partial charge in [0.05, 0.1) is 19.3 Å². The molecule has 0 aromatic carbocycles. The van der Waals surface area contributed by atoms with E-state index in [-0.39, 0.29) is 37.6 Å². The Hall–Kier alpha value is -0.650. The Bertz CT molecular complexity index is 195. The molecule has 5 heteroatoms. The number of aliphatic hydroxyl groups is 2. The molecule has 0 aromatic heterocycles. The molecule has 0 aromatic rings. The third kappa shape index (κ3) is 4.59. The molecule has 15 heavy (non-hydrogen) atoms. The molecule has 0 unspecified atom stereocenters. The van der Waals surface area contributed by atoms with Gasteiger partial charge in [0.25, 0.3) is 0 Å². The predicted octanol–water partition coefficient (Wildman–Crippen LogP) is -0.827. The monoisotopic (exact) mass is 218 g/mol. The highest BCUT2D eigenvalue weighted by atomic mass is 16.3. The molecule has 0 saturated carbocycles. The highest BCUT2D eigenvalue weighted by molar-refractivity contribution is 5.82. The van der Waals surface area contributed by atoms with Crippen molar-refractivity contribution >= 4 is 5.91 Å². The number of amides is 1. The van der Waals surface area contributed by atoms with Crippen molar-refractivity contribution in [1.82, 2.24) is 4.90 Å². The summed E-state index contributed by atoms with van der Waals surface area (Å²) in [5.41, 5.74) is 5.48. The van der Waals surface area contributed by atoms with Crippen LogP contribution in [0.5, 0.6) is 0 Å². The largest absolute Gasteiger partial charge is 0.395 e. The van der Waals surface area contributed by atoms with E-state index in [0.29, 0.717) is 0 Å². The average molecular weight is 218 g/mol. The van der Waals surface area contributed by atoms with E-state index < -0.39 is 6.04 Å². The van der Waals surface area contributed by atoms with Crippen molar-refractivity contribution in [1.29, 1.82) is 0 Å². The quantitative estimate of drug-likeness (QED) is 0.562. The molecular formula is C10H22N2O3. The van der Waals surface area contributed by atoms with Crippen molar-refractivity contribution in [2.24, 2.45) is 11.1 Å². The molecule has 0 aliphatic rings. The third-order valence-electron chi connectivity index (χ3n) is 2.25. The normalized spacial score (nSPS) is 13.7. The Balaban J connectivity index is 4.48. The van der Waals surface area contributed by atoms with Crippen LogP contribution in [-0.4, -0.2) is 53.4 Å². The molecule has 5 nitrogen and oxygen atoms in total. The number of rotatable bonds is 5. The van der Waals surface area contributed by atoms with Gasteiger partial charge >= 0.3 is 0 Å². The van der Waals surface area contributed by atoms with Crippen LogP contribution in [-0.2, 0) is 4.79 Å². The Morgan fingerprint density at radius 2 is 1.67 bits per heavy atom. The number of hydrogen-bond donors (Lipinski definition) is 3. The first-order chi connectivity index (χ1) is 6.84. The van der Waals surface area contributed by atoms with Gasteiger partial charge < -0.3 is 20.8 Å². The lowest BCUT2D eigenvalue weighted by atomic mass is 9.86. The topological polar surface area (TPSA) is 86.8 Å². The number of aliphatic hydroxyl groups excluding tert-OH is 2. The summed E-state index contributed by atoms with van der Waals surface area (Å²) < 4.78 is 0. The Kier molecular flexibility index (Phi) is 5.79. The minimum absolute atomic E-state index is 0.122. The molecular weight excluding hydrogens is 196 g/mol. The van der Waals surface area contributed by atoms with Crippen LogP contribution in [0.25, 0.3) is 0 Å². The van der Waals surface area contributed by atoms with E-state index in [2.05, 4.69) is 0 Å². The zero-order valence-electron chi connectivity index (χ0n) is 9.73. The first-order valence-corrected chi connectivity index (χ1v) is 5.10. The molecule has 0 bridgehead atoms. The second-order valence-corrected chi connectivity index (χ2v) is 4.62. The van der Waals surface area contributed by atoms with E-state index >= 15 is 0 Å². The zero-order chi connectivity index (χ0) is 12.1.